The van der Waals surface area contributed by atoms with Crippen LogP contribution in [0.15, 0.2) is 24.3 Å². The molecule has 1 rings (SSSR count). The molecule has 3 amide bonds. The maximum absolute atomic E-state index is 12.6. The number of nitrogens with two attached hydrogens (primary N) is 1. The van der Waals surface area contributed by atoms with Gasteiger partial charge in [0.1, 0.15) is 17.8 Å². The molecule has 0 aromatic heterocycles. The lowest BCUT2D eigenvalue weighted by atomic mass is 9.97. The SMILES string of the molecule is CC[C@H](C)[C@H](NC(=O)[C@@H](NC(=O)CNC(=O)[C@@H](N)Cc1ccc(O)cc1)C(C)C)C(=O)O. The monoisotopic (exact) mass is 450 g/mol. The van der Waals surface area contributed by atoms with E-state index in [1.54, 1.807) is 32.9 Å². The smallest absolute Gasteiger partial charge is 0.326 e. The lowest BCUT2D eigenvalue weighted by Gasteiger charge is -2.26. The Morgan fingerprint density at radius 2 is 1.56 bits per heavy atom. The minimum absolute atomic E-state index is 0.103. The molecule has 0 spiro atoms. The first-order valence-electron chi connectivity index (χ1n) is 10.6. The third-order valence-electron chi connectivity index (χ3n) is 5.19. The topological polar surface area (TPSA) is 171 Å². The van der Waals surface area contributed by atoms with Crippen LogP contribution in [0.2, 0.25) is 0 Å². The zero-order chi connectivity index (χ0) is 24.4. The summed E-state index contributed by atoms with van der Waals surface area (Å²) in [5.74, 6) is -3.37. The zero-order valence-electron chi connectivity index (χ0n) is 18.9. The van der Waals surface area contributed by atoms with Gasteiger partial charge in [-0.15, -0.1) is 0 Å². The van der Waals surface area contributed by atoms with Crippen molar-refractivity contribution in [2.24, 2.45) is 17.6 Å². The standard InChI is InChI=1S/C22H34N4O6/c1-5-13(4)19(22(31)32)26-21(30)18(12(2)3)25-17(28)11-24-20(29)16(23)10-14-6-8-15(27)9-7-14/h6-9,12-13,16,18-19,27H,5,10-11,23H2,1-4H3,(H,24,29)(H,25,28)(H,26,30)(H,31,32)/t13-,16-,18-,19-/m0/s1. The van der Waals surface area contributed by atoms with Gasteiger partial charge < -0.3 is 31.9 Å². The van der Waals surface area contributed by atoms with Crippen molar-refractivity contribution in [3.05, 3.63) is 29.8 Å². The summed E-state index contributed by atoms with van der Waals surface area (Å²) in [6.07, 6.45) is 0.781. The average molecular weight is 451 g/mol. The molecule has 10 heteroatoms. The largest absolute Gasteiger partial charge is 0.508 e. The van der Waals surface area contributed by atoms with Crippen LogP contribution in [0.3, 0.4) is 0 Å². The molecule has 10 nitrogen and oxygen atoms in total. The fourth-order valence-corrected chi connectivity index (χ4v) is 2.96. The lowest BCUT2D eigenvalue weighted by Crippen LogP contribution is -2.56. The Kier molecular flexibility index (Phi) is 10.6. The predicted octanol–water partition coefficient (Wildman–Crippen LogP) is 0.135. The second kappa shape index (κ2) is 12.7. The number of aromatic hydroxyl groups is 1. The van der Waals surface area contributed by atoms with Gasteiger partial charge in [-0.1, -0.05) is 46.2 Å². The number of hydrogen-bond donors (Lipinski definition) is 6. The molecule has 0 bridgehead atoms. The van der Waals surface area contributed by atoms with Gasteiger partial charge in [-0.05, 0) is 36.0 Å². The highest BCUT2D eigenvalue weighted by Gasteiger charge is 2.31. The van der Waals surface area contributed by atoms with Crippen molar-refractivity contribution in [2.45, 2.75) is 58.7 Å². The maximum atomic E-state index is 12.6. The fraction of sp³-hybridized carbons (Fsp3) is 0.545. The van der Waals surface area contributed by atoms with Gasteiger partial charge in [-0.3, -0.25) is 14.4 Å². The fourth-order valence-electron chi connectivity index (χ4n) is 2.96. The summed E-state index contributed by atoms with van der Waals surface area (Å²) in [5.41, 5.74) is 6.62. The van der Waals surface area contributed by atoms with Gasteiger partial charge >= 0.3 is 5.97 Å². The molecule has 0 heterocycles. The number of phenolic OH excluding ortho intramolecular Hbond substituents is 1. The van der Waals surface area contributed by atoms with E-state index in [-0.39, 0.29) is 30.6 Å². The summed E-state index contributed by atoms with van der Waals surface area (Å²) in [6.45, 7) is 6.60. The Morgan fingerprint density at radius 3 is 2.06 bits per heavy atom. The van der Waals surface area contributed by atoms with Crippen LogP contribution in [0.25, 0.3) is 0 Å². The molecule has 0 fully saturated rings. The van der Waals surface area contributed by atoms with Crippen LogP contribution in [-0.4, -0.2) is 58.6 Å². The van der Waals surface area contributed by atoms with Crippen LogP contribution < -0.4 is 21.7 Å². The Bertz CT molecular complexity index is 796. The minimum atomic E-state index is -1.14. The Labute approximate surface area is 187 Å². The summed E-state index contributed by atoms with van der Waals surface area (Å²) < 4.78 is 0. The van der Waals surface area contributed by atoms with E-state index in [1.807, 2.05) is 6.92 Å². The van der Waals surface area contributed by atoms with Gasteiger partial charge in [-0.2, -0.15) is 0 Å². The van der Waals surface area contributed by atoms with E-state index in [1.165, 1.54) is 12.1 Å². The van der Waals surface area contributed by atoms with Crippen molar-refractivity contribution < 1.29 is 29.4 Å². The first-order valence-corrected chi connectivity index (χ1v) is 10.6. The number of amides is 3. The maximum Gasteiger partial charge on any atom is 0.326 e. The van der Waals surface area contributed by atoms with Gasteiger partial charge in [0.15, 0.2) is 0 Å². The molecule has 0 aliphatic heterocycles. The Morgan fingerprint density at radius 1 is 0.969 bits per heavy atom. The van der Waals surface area contributed by atoms with E-state index >= 15 is 0 Å². The second-order valence-electron chi connectivity index (χ2n) is 8.19. The molecule has 0 saturated heterocycles. The van der Waals surface area contributed by atoms with Crippen molar-refractivity contribution in [3.63, 3.8) is 0 Å². The van der Waals surface area contributed by atoms with E-state index in [4.69, 9.17) is 5.73 Å². The molecule has 0 aliphatic rings. The number of benzene rings is 1. The number of carbonyl (C=O) groups is 4. The van der Waals surface area contributed by atoms with Crippen LogP contribution in [0.1, 0.15) is 39.7 Å². The van der Waals surface area contributed by atoms with Crippen molar-refractivity contribution in [2.75, 3.05) is 6.54 Å². The molecule has 32 heavy (non-hydrogen) atoms. The molecule has 0 saturated carbocycles. The highest BCUT2D eigenvalue weighted by Crippen LogP contribution is 2.11. The molecule has 0 aliphatic carbocycles. The second-order valence-corrected chi connectivity index (χ2v) is 8.19. The van der Waals surface area contributed by atoms with Crippen molar-refractivity contribution in [3.8, 4) is 5.75 Å². The van der Waals surface area contributed by atoms with Crippen LogP contribution in [0.4, 0.5) is 0 Å². The van der Waals surface area contributed by atoms with Crippen LogP contribution >= 0.6 is 0 Å². The number of carbonyl (C=O) groups excluding carboxylic acids is 3. The highest BCUT2D eigenvalue weighted by molar-refractivity contribution is 5.92. The molecular weight excluding hydrogens is 416 g/mol. The van der Waals surface area contributed by atoms with Gasteiger partial charge in [0.2, 0.25) is 17.7 Å². The van der Waals surface area contributed by atoms with Gasteiger partial charge in [0.25, 0.3) is 0 Å². The summed E-state index contributed by atoms with van der Waals surface area (Å²) in [5, 5.41) is 26.1. The molecule has 0 radical (unpaired) electrons. The van der Waals surface area contributed by atoms with Crippen molar-refractivity contribution >= 4 is 23.7 Å². The number of aliphatic carboxylic acids is 1. The normalized spacial score (nSPS) is 14.7. The molecule has 1 aromatic carbocycles. The van der Waals surface area contributed by atoms with E-state index < -0.39 is 41.8 Å². The van der Waals surface area contributed by atoms with Gasteiger partial charge in [-0.25, -0.2) is 4.79 Å². The molecule has 7 N–H and O–H groups in total. The summed E-state index contributed by atoms with van der Waals surface area (Å²) in [6, 6.07) is 3.33. The van der Waals surface area contributed by atoms with E-state index in [0.29, 0.717) is 6.42 Å². The Balaban J connectivity index is 2.62. The first kappa shape index (κ1) is 26.9. The zero-order valence-corrected chi connectivity index (χ0v) is 18.9. The molecular formula is C22H34N4O6. The molecule has 1 aromatic rings. The third-order valence-corrected chi connectivity index (χ3v) is 5.19. The van der Waals surface area contributed by atoms with Crippen LogP contribution in [0, 0.1) is 11.8 Å². The number of carboxylic acids is 1. The van der Waals surface area contributed by atoms with Crippen molar-refractivity contribution in [1.29, 1.82) is 0 Å². The van der Waals surface area contributed by atoms with E-state index in [2.05, 4.69) is 16.0 Å². The summed E-state index contributed by atoms with van der Waals surface area (Å²) in [4.78, 5) is 48.6. The lowest BCUT2D eigenvalue weighted by molar-refractivity contribution is -0.144. The number of nitrogens with one attached hydrogen (secondary N) is 3. The molecule has 178 valence electrons. The molecule has 0 unspecified atom stereocenters. The Hall–Kier alpha value is -3.14. The highest BCUT2D eigenvalue weighted by atomic mass is 16.4. The predicted molar refractivity (Wildman–Crippen MR) is 119 cm³/mol. The quantitative estimate of drug-likeness (QED) is 0.263. The number of hydrogen-bond acceptors (Lipinski definition) is 6. The number of phenols is 1. The third kappa shape index (κ3) is 8.54. The van der Waals surface area contributed by atoms with Gasteiger partial charge in [0.05, 0.1) is 12.6 Å². The minimum Gasteiger partial charge on any atom is -0.508 e. The molecule has 4 atom stereocenters. The number of carboxylic acid groups (broad SMARTS) is 1. The van der Waals surface area contributed by atoms with Crippen molar-refractivity contribution in [1.82, 2.24) is 16.0 Å². The van der Waals surface area contributed by atoms with E-state index in [0.717, 1.165) is 5.56 Å². The van der Waals surface area contributed by atoms with Gasteiger partial charge in [0, 0.05) is 0 Å². The average Bonchev–Trinajstić information content (AvgIpc) is 2.74. The first-order chi connectivity index (χ1) is 15.0. The van der Waals surface area contributed by atoms with Crippen LogP contribution in [0.5, 0.6) is 5.75 Å². The summed E-state index contributed by atoms with van der Waals surface area (Å²) in [7, 11) is 0. The summed E-state index contributed by atoms with van der Waals surface area (Å²) >= 11 is 0. The van der Waals surface area contributed by atoms with E-state index in [9.17, 15) is 29.4 Å². The van der Waals surface area contributed by atoms with Crippen LogP contribution in [-0.2, 0) is 25.6 Å². The number of rotatable bonds is 12.